The molecule has 0 radical (unpaired) electrons. The lowest BCUT2D eigenvalue weighted by atomic mass is 9.60. The van der Waals surface area contributed by atoms with Crippen LogP contribution < -0.4 is 0 Å². The van der Waals surface area contributed by atoms with Crippen LogP contribution in [0.3, 0.4) is 0 Å². The van der Waals surface area contributed by atoms with Gasteiger partial charge in [-0.25, -0.2) is 9.59 Å². The van der Waals surface area contributed by atoms with Crippen LogP contribution in [-0.2, 0) is 9.47 Å². The zero-order chi connectivity index (χ0) is 20.8. The van der Waals surface area contributed by atoms with Gasteiger partial charge in [-0.05, 0) is 70.1 Å². The first-order valence-corrected chi connectivity index (χ1v) is 10.2. The average molecular weight is 399 g/mol. The van der Waals surface area contributed by atoms with E-state index >= 15 is 0 Å². The van der Waals surface area contributed by atoms with E-state index in [-0.39, 0.29) is 12.1 Å². The maximum atomic E-state index is 12.3. The Hall–Kier alpha value is -2.57. The molecule has 1 aromatic heterocycles. The van der Waals surface area contributed by atoms with Gasteiger partial charge < -0.3 is 14.4 Å². The van der Waals surface area contributed by atoms with Crippen LogP contribution in [0.1, 0.15) is 62.9 Å². The number of piperidine rings is 1. The number of ether oxygens (including phenoxy) is 2. The van der Waals surface area contributed by atoms with Gasteiger partial charge in [-0.2, -0.15) is 5.10 Å². The molecule has 0 N–H and O–H groups in total. The molecule has 1 aromatic carbocycles. The van der Waals surface area contributed by atoms with Crippen LogP contribution in [0.25, 0.3) is 10.9 Å². The highest BCUT2D eigenvalue weighted by molar-refractivity contribution is 5.94. The van der Waals surface area contributed by atoms with E-state index in [9.17, 15) is 9.59 Å². The monoisotopic (exact) mass is 399 g/mol. The van der Waals surface area contributed by atoms with Crippen LogP contribution in [0.15, 0.2) is 24.4 Å². The molecule has 2 aliphatic rings. The molecule has 29 heavy (non-hydrogen) atoms. The predicted octanol–water partition coefficient (Wildman–Crippen LogP) is 4.18. The Balaban J connectivity index is 1.36. The Kier molecular flexibility index (Phi) is 4.79. The molecule has 1 saturated heterocycles. The van der Waals surface area contributed by atoms with Crippen molar-refractivity contribution in [3.8, 4) is 0 Å². The molecule has 2 heterocycles. The number of methoxy groups -OCH3 is 1. The number of fused-ring (bicyclic) bond motifs is 1. The van der Waals surface area contributed by atoms with E-state index < -0.39 is 5.60 Å². The number of likely N-dealkylation sites (tertiary alicyclic amines) is 1. The number of hydrogen-bond acceptors (Lipinski definition) is 5. The number of benzene rings is 1. The van der Waals surface area contributed by atoms with E-state index in [0.717, 1.165) is 49.7 Å². The normalized spacial score (nSPS) is 19.2. The van der Waals surface area contributed by atoms with Crippen molar-refractivity contribution in [3.63, 3.8) is 0 Å². The molecule has 1 aliphatic heterocycles. The Labute approximate surface area is 170 Å². The highest BCUT2D eigenvalue weighted by Gasteiger charge is 2.47. The van der Waals surface area contributed by atoms with Crippen LogP contribution in [0.5, 0.6) is 0 Å². The molecule has 2 aromatic rings. The zero-order valence-electron chi connectivity index (χ0n) is 17.6. The molecule has 4 rings (SSSR count). The van der Waals surface area contributed by atoms with Crippen molar-refractivity contribution < 1.29 is 19.1 Å². The number of aromatic nitrogens is 2. The third-order valence-electron chi connectivity index (χ3n) is 6.13. The fraction of sp³-hybridized carbons (Fsp3) is 0.591. The van der Waals surface area contributed by atoms with Crippen molar-refractivity contribution in [3.05, 3.63) is 30.0 Å². The van der Waals surface area contributed by atoms with Gasteiger partial charge in [-0.15, -0.1) is 0 Å². The molecule has 0 unspecified atom stereocenters. The molecular weight excluding hydrogens is 370 g/mol. The SMILES string of the molecule is COC(=O)c1ccc2nn(C3CC4(CCN(C(=O)OC(C)(C)C)CC4)C3)cc2c1. The predicted molar refractivity (Wildman–Crippen MR) is 109 cm³/mol. The van der Waals surface area contributed by atoms with E-state index in [1.165, 1.54) is 7.11 Å². The fourth-order valence-corrected chi connectivity index (χ4v) is 4.50. The van der Waals surface area contributed by atoms with E-state index in [2.05, 4.69) is 0 Å². The average Bonchev–Trinajstić information content (AvgIpc) is 3.07. The van der Waals surface area contributed by atoms with Gasteiger partial charge in [-0.3, -0.25) is 4.68 Å². The van der Waals surface area contributed by atoms with Gasteiger partial charge in [0.25, 0.3) is 0 Å². The largest absolute Gasteiger partial charge is 0.465 e. The summed E-state index contributed by atoms with van der Waals surface area (Å²) in [6.45, 7) is 7.20. The standard InChI is InChI=1S/C22H29N3O4/c1-21(2,3)29-20(27)24-9-7-22(8-10-24)12-17(13-22)25-14-16-11-15(19(26)28-4)5-6-18(16)23-25/h5-6,11,14,17H,7-10,12-13H2,1-4H3. The quantitative estimate of drug-likeness (QED) is 0.709. The number of carbonyl (C=O) groups excluding carboxylic acids is 2. The second kappa shape index (κ2) is 7.04. The van der Waals surface area contributed by atoms with Crippen LogP contribution in [-0.4, -0.2) is 52.5 Å². The van der Waals surface area contributed by atoms with Crippen molar-refractivity contribution in [1.82, 2.24) is 14.7 Å². The molecule has 2 fully saturated rings. The summed E-state index contributed by atoms with van der Waals surface area (Å²) in [6, 6.07) is 5.82. The van der Waals surface area contributed by atoms with Gasteiger partial charge in [0.2, 0.25) is 0 Å². The summed E-state index contributed by atoms with van der Waals surface area (Å²) in [5.74, 6) is -0.334. The molecule has 0 atom stereocenters. The number of rotatable bonds is 2. The molecule has 1 spiro atoms. The Morgan fingerprint density at radius 1 is 1.17 bits per heavy atom. The lowest BCUT2D eigenvalue weighted by Crippen LogP contribution is -2.50. The van der Waals surface area contributed by atoms with Crippen molar-refractivity contribution in [2.45, 2.75) is 58.1 Å². The summed E-state index contributed by atoms with van der Waals surface area (Å²) < 4.78 is 12.3. The number of hydrogen-bond donors (Lipinski definition) is 0. The summed E-state index contributed by atoms with van der Waals surface area (Å²) in [7, 11) is 1.39. The summed E-state index contributed by atoms with van der Waals surface area (Å²) in [5.41, 5.74) is 1.28. The van der Waals surface area contributed by atoms with Gasteiger partial charge >= 0.3 is 12.1 Å². The molecule has 1 saturated carbocycles. The third kappa shape index (κ3) is 3.95. The molecule has 7 nitrogen and oxygen atoms in total. The zero-order valence-corrected chi connectivity index (χ0v) is 17.6. The minimum atomic E-state index is -0.455. The van der Waals surface area contributed by atoms with Crippen molar-refractivity contribution in [2.75, 3.05) is 20.2 Å². The lowest BCUT2D eigenvalue weighted by Gasteiger charge is -2.52. The van der Waals surface area contributed by atoms with Crippen molar-refractivity contribution in [2.24, 2.45) is 5.41 Å². The fourth-order valence-electron chi connectivity index (χ4n) is 4.50. The van der Waals surface area contributed by atoms with Crippen LogP contribution >= 0.6 is 0 Å². The summed E-state index contributed by atoms with van der Waals surface area (Å²) >= 11 is 0. The van der Waals surface area contributed by atoms with Gasteiger partial charge in [0.1, 0.15) is 5.60 Å². The molecule has 156 valence electrons. The smallest absolute Gasteiger partial charge is 0.410 e. The number of amides is 1. The molecule has 1 aliphatic carbocycles. The first kappa shape index (κ1) is 19.7. The number of esters is 1. The second-order valence-electron chi connectivity index (χ2n) is 9.40. The highest BCUT2D eigenvalue weighted by atomic mass is 16.6. The van der Waals surface area contributed by atoms with E-state index in [1.54, 1.807) is 6.07 Å². The van der Waals surface area contributed by atoms with Gasteiger partial charge in [-0.1, -0.05) is 0 Å². The summed E-state index contributed by atoms with van der Waals surface area (Å²) in [4.78, 5) is 25.8. The number of carbonyl (C=O) groups is 2. The van der Waals surface area contributed by atoms with Crippen molar-refractivity contribution >= 4 is 23.0 Å². The highest BCUT2D eigenvalue weighted by Crippen LogP contribution is 2.54. The Bertz CT molecular complexity index is 927. The Morgan fingerprint density at radius 3 is 2.48 bits per heavy atom. The number of nitrogens with zero attached hydrogens (tertiary/aromatic N) is 3. The van der Waals surface area contributed by atoms with E-state index in [0.29, 0.717) is 17.0 Å². The molecule has 1 amide bonds. The molecular formula is C22H29N3O4. The van der Waals surface area contributed by atoms with Crippen LogP contribution in [0.2, 0.25) is 0 Å². The van der Waals surface area contributed by atoms with Gasteiger partial charge in [0.15, 0.2) is 0 Å². The third-order valence-corrected chi connectivity index (χ3v) is 6.13. The van der Waals surface area contributed by atoms with Crippen molar-refractivity contribution in [1.29, 1.82) is 0 Å². The first-order chi connectivity index (χ1) is 13.7. The molecule has 7 heteroatoms. The van der Waals surface area contributed by atoms with Gasteiger partial charge in [0.05, 0.1) is 24.2 Å². The second-order valence-corrected chi connectivity index (χ2v) is 9.40. The maximum absolute atomic E-state index is 12.3. The first-order valence-electron chi connectivity index (χ1n) is 10.2. The van der Waals surface area contributed by atoms with Crippen LogP contribution in [0, 0.1) is 5.41 Å². The Morgan fingerprint density at radius 2 is 1.86 bits per heavy atom. The topological polar surface area (TPSA) is 73.7 Å². The minimum Gasteiger partial charge on any atom is -0.465 e. The van der Waals surface area contributed by atoms with E-state index in [4.69, 9.17) is 14.6 Å². The minimum absolute atomic E-state index is 0.206. The molecule has 0 bridgehead atoms. The summed E-state index contributed by atoms with van der Waals surface area (Å²) in [5, 5.41) is 5.65. The van der Waals surface area contributed by atoms with E-state index in [1.807, 2.05) is 48.7 Å². The van der Waals surface area contributed by atoms with Gasteiger partial charge in [0, 0.05) is 24.7 Å². The lowest BCUT2D eigenvalue weighted by molar-refractivity contribution is -0.0257. The maximum Gasteiger partial charge on any atom is 0.410 e. The summed E-state index contributed by atoms with van der Waals surface area (Å²) in [6.07, 6.45) is 5.99. The van der Waals surface area contributed by atoms with Crippen LogP contribution in [0.4, 0.5) is 4.79 Å².